The molecule has 1 atom stereocenters. The molecule has 2 nitrogen and oxygen atoms in total. The van der Waals surface area contributed by atoms with Gasteiger partial charge in [0.2, 0.25) is 0 Å². The molecule has 0 rings (SSSR count). The lowest BCUT2D eigenvalue weighted by molar-refractivity contribution is 0.627. The summed E-state index contributed by atoms with van der Waals surface area (Å²) in [5, 5.41) is 3.32. The van der Waals surface area contributed by atoms with E-state index in [4.69, 9.17) is 0 Å². The second-order valence-corrected chi connectivity index (χ2v) is 4.08. The van der Waals surface area contributed by atoms with Gasteiger partial charge < -0.3 is 5.32 Å². The van der Waals surface area contributed by atoms with Crippen molar-refractivity contribution >= 4 is 5.84 Å². The fraction of sp³-hybridized carbons (Fsp3) is 0.400. The predicted molar refractivity (Wildman–Crippen MR) is 77.9 cm³/mol. The molecule has 0 radical (unpaired) electrons. The van der Waals surface area contributed by atoms with Gasteiger partial charge in [0.05, 0.1) is 0 Å². The van der Waals surface area contributed by atoms with E-state index in [1.165, 1.54) is 11.3 Å². The van der Waals surface area contributed by atoms with Crippen LogP contribution in [0.25, 0.3) is 0 Å². The number of hydrogen-bond acceptors (Lipinski definition) is 1. The van der Waals surface area contributed by atoms with Crippen molar-refractivity contribution in [3.05, 3.63) is 48.9 Å². The van der Waals surface area contributed by atoms with Crippen LogP contribution in [0.3, 0.4) is 0 Å². The van der Waals surface area contributed by atoms with Crippen LogP contribution in [-0.4, -0.2) is 5.84 Å². The summed E-state index contributed by atoms with van der Waals surface area (Å²) in [6.45, 7) is 15.7. The molecule has 0 heterocycles. The molecule has 0 spiro atoms. The minimum atomic E-state index is 0.470. The highest BCUT2D eigenvalue weighted by Gasteiger charge is 2.07. The van der Waals surface area contributed by atoms with E-state index >= 15 is 0 Å². The van der Waals surface area contributed by atoms with Gasteiger partial charge in [-0.2, -0.15) is 0 Å². The fourth-order valence-corrected chi connectivity index (χ4v) is 1.38. The molecule has 0 aliphatic carbocycles. The lowest BCUT2D eigenvalue weighted by atomic mass is 10.0. The lowest BCUT2D eigenvalue weighted by Gasteiger charge is -2.16. The number of amidine groups is 1. The Morgan fingerprint density at radius 3 is 2.47 bits per heavy atom. The van der Waals surface area contributed by atoms with Crippen LogP contribution in [0.1, 0.15) is 34.1 Å². The zero-order valence-electron chi connectivity index (χ0n) is 11.5. The molecule has 0 aliphatic rings. The highest BCUT2D eigenvalue weighted by Crippen LogP contribution is 2.14. The Labute approximate surface area is 106 Å². The zero-order chi connectivity index (χ0) is 13.3. The Hall–Kier alpha value is -1.57. The normalized spacial score (nSPS) is 15.4. The van der Waals surface area contributed by atoms with Crippen molar-refractivity contribution in [1.29, 1.82) is 0 Å². The first-order chi connectivity index (χ1) is 8.04. The Morgan fingerprint density at radius 1 is 1.35 bits per heavy atom. The minimum absolute atomic E-state index is 0.470. The molecule has 2 heteroatoms. The quantitative estimate of drug-likeness (QED) is 0.414. The first-order valence-corrected chi connectivity index (χ1v) is 5.98. The van der Waals surface area contributed by atoms with Gasteiger partial charge in [-0.1, -0.05) is 39.2 Å². The van der Waals surface area contributed by atoms with Gasteiger partial charge in [-0.3, -0.25) is 0 Å². The van der Waals surface area contributed by atoms with E-state index in [9.17, 15) is 0 Å². The molecule has 0 bridgehead atoms. The van der Waals surface area contributed by atoms with Crippen molar-refractivity contribution in [2.45, 2.75) is 34.1 Å². The highest BCUT2D eigenvalue weighted by molar-refractivity contribution is 5.81. The van der Waals surface area contributed by atoms with Gasteiger partial charge in [-0.05, 0) is 37.8 Å². The summed E-state index contributed by atoms with van der Waals surface area (Å²) in [5.74, 6) is 1.33. The Bertz CT molecular complexity index is 346. The van der Waals surface area contributed by atoms with Crippen LogP contribution in [0.15, 0.2) is 53.8 Å². The average molecular weight is 232 g/mol. The van der Waals surface area contributed by atoms with Crippen molar-refractivity contribution in [2.24, 2.45) is 10.9 Å². The van der Waals surface area contributed by atoms with Crippen molar-refractivity contribution in [1.82, 2.24) is 5.32 Å². The molecular weight excluding hydrogens is 208 g/mol. The third kappa shape index (κ3) is 6.56. The van der Waals surface area contributed by atoms with E-state index in [-0.39, 0.29) is 0 Å². The molecule has 17 heavy (non-hydrogen) atoms. The van der Waals surface area contributed by atoms with Gasteiger partial charge in [-0.15, -0.1) is 0 Å². The van der Waals surface area contributed by atoms with Crippen molar-refractivity contribution in [3.8, 4) is 0 Å². The summed E-state index contributed by atoms with van der Waals surface area (Å²) in [6.07, 6.45) is 8.55. The second kappa shape index (κ2) is 8.57. The van der Waals surface area contributed by atoms with Crippen molar-refractivity contribution in [2.75, 3.05) is 0 Å². The summed E-state index contributed by atoms with van der Waals surface area (Å²) in [6, 6.07) is 0. The lowest BCUT2D eigenvalue weighted by Crippen LogP contribution is -2.23. The standard InChI is InChI=1S/C15H24N2/c1-7-10-12(4)11-15(13(5)8-2)17-14(6)16-9-3/h7,9-11,13H,1,3,8H2,2,4-6H3,(H,16,17)/b12-10+,15-11-. The molecule has 0 saturated heterocycles. The van der Waals surface area contributed by atoms with E-state index in [1.54, 1.807) is 12.3 Å². The van der Waals surface area contributed by atoms with Gasteiger partial charge >= 0.3 is 0 Å². The van der Waals surface area contributed by atoms with Crippen LogP contribution in [0, 0.1) is 5.92 Å². The van der Waals surface area contributed by atoms with Gasteiger partial charge in [-0.25, -0.2) is 4.99 Å². The maximum absolute atomic E-state index is 4.12. The molecule has 0 aromatic carbocycles. The second-order valence-electron chi connectivity index (χ2n) is 4.08. The molecule has 0 amide bonds. The highest BCUT2D eigenvalue weighted by atomic mass is 15.0. The van der Waals surface area contributed by atoms with Crippen LogP contribution in [0.5, 0.6) is 0 Å². The number of hydrogen-bond donors (Lipinski definition) is 1. The third-order valence-electron chi connectivity index (χ3n) is 2.52. The molecule has 0 aromatic rings. The number of allylic oxidation sites excluding steroid dienone is 5. The third-order valence-corrected chi connectivity index (χ3v) is 2.52. The topological polar surface area (TPSA) is 24.4 Å². The summed E-state index contributed by atoms with van der Waals surface area (Å²) in [7, 11) is 0. The zero-order valence-corrected chi connectivity index (χ0v) is 11.5. The van der Waals surface area contributed by atoms with E-state index in [0.29, 0.717) is 5.92 Å². The van der Waals surface area contributed by atoms with E-state index in [2.05, 4.69) is 50.3 Å². The first kappa shape index (κ1) is 15.4. The largest absolute Gasteiger partial charge is 0.347 e. The van der Waals surface area contributed by atoms with Crippen LogP contribution in [-0.2, 0) is 0 Å². The molecule has 94 valence electrons. The average Bonchev–Trinajstić information content (AvgIpc) is 2.27. The molecular formula is C15H24N2. The van der Waals surface area contributed by atoms with Crippen LogP contribution >= 0.6 is 0 Å². The van der Waals surface area contributed by atoms with Crippen molar-refractivity contribution in [3.63, 3.8) is 0 Å². The Morgan fingerprint density at radius 2 is 2.00 bits per heavy atom. The van der Waals surface area contributed by atoms with Gasteiger partial charge in [0, 0.05) is 11.9 Å². The number of nitrogens with zero attached hydrogens (tertiary/aromatic N) is 1. The molecule has 1 N–H and O–H groups in total. The van der Waals surface area contributed by atoms with Crippen LogP contribution in [0.4, 0.5) is 0 Å². The summed E-state index contributed by atoms with van der Waals surface area (Å²) < 4.78 is 0. The van der Waals surface area contributed by atoms with Crippen LogP contribution < -0.4 is 5.32 Å². The van der Waals surface area contributed by atoms with E-state index in [0.717, 1.165) is 12.3 Å². The molecule has 1 unspecified atom stereocenters. The van der Waals surface area contributed by atoms with E-state index < -0.39 is 0 Å². The maximum Gasteiger partial charge on any atom is 0.102 e. The number of rotatable bonds is 6. The van der Waals surface area contributed by atoms with Crippen LogP contribution in [0.2, 0.25) is 0 Å². The maximum atomic E-state index is 4.12. The fourth-order valence-electron chi connectivity index (χ4n) is 1.38. The van der Waals surface area contributed by atoms with Gasteiger partial charge in [0.25, 0.3) is 0 Å². The smallest absolute Gasteiger partial charge is 0.102 e. The Kier molecular flexibility index (Phi) is 7.78. The number of aliphatic imine (C=N–C) groups is 1. The molecule has 0 saturated carbocycles. The summed E-state index contributed by atoms with van der Waals surface area (Å²) in [4.78, 5) is 4.12. The minimum Gasteiger partial charge on any atom is -0.347 e. The van der Waals surface area contributed by atoms with E-state index in [1.807, 2.05) is 13.0 Å². The van der Waals surface area contributed by atoms with Gasteiger partial charge in [0.1, 0.15) is 5.84 Å². The molecule has 0 fully saturated rings. The monoisotopic (exact) mass is 232 g/mol. The summed E-state index contributed by atoms with van der Waals surface area (Å²) >= 11 is 0. The van der Waals surface area contributed by atoms with Gasteiger partial charge in [0.15, 0.2) is 0 Å². The molecule has 0 aromatic heterocycles. The summed E-state index contributed by atoms with van der Waals surface area (Å²) in [5.41, 5.74) is 2.35. The molecule has 0 aliphatic heterocycles. The SMILES string of the molecule is C=C/C=C(C)/C=C(\NC(C)=NC=C)C(C)CC. The first-order valence-electron chi connectivity index (χ1n) is 5.98. The van der Waals surface area contributed by atoms with Crippen molar-refractivity contribution < 1.29 is 0 Å². The predicted octanol–water partition coefficient (Wildman–Crippen LogP) is 4.20. The Balaban J connectivity index is 5.01. The number of nitrogens with one attached hydrogen (secondary N) is 1.